The molecule has 0 bridgehead atoms. The van der Waals surface area contributed by atoms with Gasteiger partial charge in [0.25, 0.3) is 11.1 Å². The summed E-state index contributed by atoms with van der Waals surface area (Å²) in [6, 6.07) is 55.9. The number of benzene rings is 6. The molecule has 8 rings (SSSR count). The number of hydrogen-bond acceptors (Lipinski definition) is 8. The molecule has 0 fully saturated rings. The van der Waals surface area contributed by atoms with Gasteiger partial charge in [0.2, 0.25) is 0 Å². The van der Waals surface area contributed by atoms with E-state index in [4.69, 9.17) is 9.47 Å². The molecule has 2 heterocycles. The molecule has 0 radical (unpaired) electrons. The van der Waals surface area contributed by atoms with Gasteiger partial charge in [0.05, 0.1) is 13.2 Å². The number of para-hydroxylation sites is 2. The van der Waals surface area contributed by atoms with Gasteiger partial charge < -0.3 is 28.4 Å². The number of nitrogens with one attached hydrogen (secondary N) is 2. The number of anilines is 6. The Kier molecular flexibility index (Phi) is 12.7. The highest BCUT2D eigenvalue weighted by molar-refractivity contribution is 5.81. The molecule has 0 aliphatic heterocycles. The third-order valence-corrected chi connectivity index (χ3v) is 10.2. The highest BCUT2D eigenvalue weighted by Crippen LogP contribution is 2.39. The largest absolute Gasteiger partial charge is 0.493 e. The molecule has 62 heavy (non-hydrogen) atoms. The Hall–Kier alpha value is -8.12. The van der Waals surface area contributed by atoms with Crippen LogP contribution in [-0.2, 0) is 13.1 Å². The summed E-state index contributed by atoms with van der Waals surface area (Å²) in [5, 5.41) is 0. The highest BCUT2D eigenvalue weighted by atomic mass is 16.5. The van der Waals surface area contributed by atoms with Crippen LogP contribution < -0.4 is 41.8 Å². The summed E-state index contributed by atoms with van der Waals surface area (Å²) in [7, 11) is 0. The molecule has 0 spiro atoms. The molecular weight excluding hydrogens is 781 g/mol. The number of H-pyrrole nitrogens is 2. The first kappa shape index (κ1) is 40.7. The van der Waals surface area contributed by atoms with Gasteiger partial charge in [-0.05, 0) is 96.8 Å². The van der Waals surface area contributed by atoms with Crippen LogP contribution in [0.15, 0.2) is 201 Å². The summed E-state index contributed by atoms with van der Waals surface area (Å²) in [6.07, 6.45) is 4.16. The van der Waals surface area contributed by atoms with Crippen molar-refractivity contribution < 1.29 is 9.47 Å². The number of aromatic nitrogens is 4. The van der Waals surface area contributed by atoms with Crippen LogP contribution in [0.2, 0.25) is 0 Å². The van der Waals surface area contributed by atoms with E-state index >= 15 is 0 Å². The molecular formula is C50H44N6O6. The highest BCUT2D eigenvalue weighted by Gasteiger charge is 2.16. The second kappa shape index (κ2) is 19.3. The Morgan fingerprint density at radius 2 is 0.774 bits per heavy atom. The van der Waals surface area contributed by atoms with Crippen LogP contribution in [0.25, 0.3) is 11.1 Å². The Balaban J connectivity index is 0.974. The Labute approximate surface area is 357 Å². The number of aromatic amines is 2. The average molecular weight is 825 g/mol. The van der Waals surface area contributed by atoms with Gasteiger partial charge in [-0.1, -0.05) is 72.8 Å². The van der Waals surface area contributed by atoms with Crippen LogP contribution in [-0.4, -0.2) is 32.3 Å². The predicted molar refractivity (Wildman–Crippen MR) is 244 cm³/mol. The molecule has 8 aromatic rings. The zero-order valence-corrected chi connectivity index (χ0v) is 33.8. The van der Waals surface area contributed by atoms with Crippen molar-refractivity contribution in [3.05, 3.63) is 224 Å². The van der Waals surface area contributed by atoms with Gasteiger partial charge in [0, 0.05) is 83.9 Å². The van der Waals surface area contributed by atoms with Crippen LogP contribution in [0.5, 0.6) is 11.5 Å². The molecule has 12 nitrogen and oxygen atoms in total. The smallest absolute Gasteiger partial charge is 0.328 e. The monoisotopic (exact) mass is 824 g/mol. The third kappa shape index (κ3) is 10.0. The van der Waals surface area contributed by atoms with Gasteiger partial charge in [-0.15, -0.1) is 0 Å². The van der Waals surface area contributed by atoms with Gasteiger partial charge in [-0.2, -0.15) is 0 Å². The van der Waals surface area contributed by atoms with Crippen LogP contribution >= 0.6 is 0 Å². The number of nitrogens with zero attached hydrogens (tertiary/aromatic N) is 4. The van der Waals surface area contributed by atoms with Crippen LogP contribution in [0.1, 0.15) is 12.8 Å². The van der Waals surface area contributed by atoms with E-state index in [1.165, 1.54) is 33.7 Å². The minimum atomic E-state index is -0.434. The minimum Gasteiger partial charge on any atom is -0.493 e. The second-order valence-electron chi connectivity index (χ2n) is 14.4. The maximum absolute atomic E-state index is 12.1. The standard InChI is InChI=1S/C50H44N6O6/c57-47-27-31-53(49(59)51-47)29-9-33-61-45-17-7-15-43(35-45)55(39-11-3-1-4-12-39)41-23-19-37(20-24-41)38-21-25-42(26-22-38)56(40-13-5-2-6-14-40)44-16-8-18-46(36-44)62-34-10-30-54-32-28-48(58)52-50(54)60/h1-8,11-28,31-32,35-36H,9-10,29-30,33-34H2,(H,51,57,59)(H,52,58,60). The average Bonchev–Trinajstić information content (AvgIpc) is 3.30. The van der Waals surface area contributed by atoms with E-state index in [0.717, 1.165) is 45.3 Å². The van der Waals surface area contributed by atoms with E-state index in [1.54, 1.807) is 0 Å². The van der Waals surface area contributed by atoms with Gasteiger partial charge in [0.15, 0.2) is 0 Å². The van der Waals surface area contributed by atoms with Gasteiger partial charge in [-0.3, -0.25) is 19.6 Å². The van der Waals surface area contributed by atoms with Crippen LogP contribution in [0.4, 0.5) is 34.1 Å². The molecule has 0 saturated heterocycles. The summed E-state index contributed by atoms with van der Waals surface area (Å²) in [6.45, 7) is 1.63. The first-order valence-corrected chi connectivity index (χ1v) is 20.3. The molecule has 0 unspecified atom stereocenters. The topological polar surface area (TPSA) is 135 Å². The Morgan fingerprint density at radius 1 is 0.403 bits per heavy atom. The number of aryl methyl sites for hydroxylation is 2. The van der Waals surface area contributed by atoms with Crippen LogP contribution in [0, 0.1) is 0 Å². The van der Waals surface area contributed by atoms with Crippen molar-refractivity contribution in [2.45, 2.75) is 25.9 Å². The predicted octanol–water partition coefficient (Wildman–Crippen LogP) is 8.93. The van der Waals surface area contributed by atoms with E-state index in [0.29, 0.717) is 50.6 Å². The summed E-state index contributed by atoms with van der Waals surface area (Å²) in [5.74, 6) is 1.41. The lowest BCUT2D eigenvalue weighted by Gasteiger charge is -2.26. The quantitative estimate of drug-likeness (QED) is 0.0870. The molecule has 0 aliphatic carbocycles. The summed E-state index contributed by atoms with van der Waals surface area (Å²) >= 11 is 0. The SMILES string of the molecule is O=c1ccn(CCCOc2cccc(N(c3ccccc3)c3ccc(-c4ccc(N(c5ccccc5)c5cccc(OCCCn6ccc(=O)[nH]c6=O)c5)cc4)cc3)c2)c(=O)[nH]1. The number of rotatable bonds is 17. The normalized spacial score (nSPS) is 10.9. The van der Waals surface area contributed by atoms with Gasteiger partial charge in [-0.25, -0.2) is 9.59 Å². The van der Waals surface area contributed by atoms with E-state index in [1.807, 2.05) is 84.9 Å². The fraction of sp³-hybridized carbons (Fsp3) is 0.120. The Bertz CT molecular complexity index is 2760. The van der Waals surface area contributed by atoms with E-state index < -0.39 is 22.5 Å². The van der Waals surface area contributed by atoms with E-state index in [9.17, 15) is 19.2 Å². The molecule has 0 aliphatic rings. The maximum atomic E-state index is 12.1. The van der Waals surface area contributed by atoms with Gasteiger partial charge >= 0.3 is 11.4 Å². The first-order chi connectivity index (χ1) is 30.4. The Morgan fingerprint density at radius 3 is 1.16 bits per heavy atom. The lowest BCUT2D eigenvalue weighted by Crippen LogP contribution is -2.29. The van der Waals surface area contributed by atoms with Crippen molar-refractivity contribution in [1.82, 2.24) is 19.1 Å². The molecule has 0 amide bonds. The maximum Gasteiger partial charge on any atom is 0.328 e. The van der Waals surface area contributed by atoms with Crippen molar-refractivity contribution in [2.24, 2.45) is 0 Å². The van der Waals surface area contributed by atoms with Crippen molar-refractivity contribution in [3.63, 3.8) is 0 Å². The number of ether oxygens (including phenoxy) is 2. The summed E-state index contributed by atoms with van der Waals surface area (Å²) in [4.78, 5) is 55.8. The van der Waals surface area contributed by atoms with Gasteiger partial charge in [0.1, 0.15) is 11.5 Å². The van der Waals surface area contributed by atoms with E-state index in [-0.39, 0.29) is 0 Å². The number of hydrogen-bond donors (Lipinski definition) is 2. The molecule has 2 aromatic heterocycles. The lowest BCUT2D eigenvalue weighted by atomic mass is 10.0. The molecule has 2 N–H and O–H groups in total. The van der Waals surface area contributed by atoms with Crippen LogP contribution in [0.3, 0.4) is 0 Å². The van der Waals surface area contributed by atoms with Crippen molar-refractivity contribution in [1.29, 1.82) is 0 Å². The zero-order valence-electron chi connectivity index (χ0n) is 33.8. The first-order valence-electron chi connectivity index (χ1n) is 20.3. The molecule has 310 valence electrons. The zero-order chi connectivity index (χ0) is 42.7. The fourth-order valence-corrected chi connectivity index (χ4v) is 7.17. The van der Waals surface area contributed by atoms with Crippen molar-refractivity contribution >= 4 is 34.1 Å². The second-order valence-corrected chi connectivity index (χ2v) is 14.4. The van der Waals surface area contributed by atoms with E-state index in [2.05, 4.69) is 92.6 Å². The third-order valence-electron chi connectivity index (χ3n) is 10.2. The van der Waals surface area contributed by atoms with Crippen molar-refractivity contribution in [3.8, 4) is 22.6 Å². The molecule has 6 aromatic carbocycles. The molecule has 0 saturated carbocycles. The summed E-state index contributed by atoms with van der Waals surface area (Å²) in [5.41, 5.74) is 6.25. The molecule has 12 heteroatoms. The van der Waals surface area contributed by atoms with Crippen molar-refractivity contribution in [2.75, 3.05) is 23.0 Å². The molecule has 0 atom stereocenters. The summed E-state index contributed by atoms with van der Waals surface area (Å²) < 4.78 is 15.2. The fourth-order valence-electron chi connectivity index (χ4n) is 7.17. The minimum absolute atomic E-state index is 0.393. The lowest BCUT2D eigenvalue weighted by molar-refractivity contribution is 0.300.